The van der Waals surface area contributed by atoms with Crippen molar-refractivity contribution in [1.29, 1.82) is 0 Å². The topological polar surface area (TPSA) is 32.3 Å². The summed E-state index contributed by atoms with van der Waals surface area (Å²) in [5.74, 6) is -0.0711. The zero-order valence-corrected chi connectivity index (χ0v) is 20.5. The Balaban J connectivity index is 1.96. The number of nitrogens with one attached hydrogen (secondary N) is 1. The second-order valence-electron chi connectivity index (χ2n) is 8.25. The van der Waals surface area contributed by atoms with Gasteiger partial charge in [0.25, 0.3) is 0 Å². The molecule has 2 atom stereocenters. The molecule has 0 bridgehead atoms. The van der Waals surface area contributed by atoms with Crippen molar-refractivity contribution in [2.75, 3.05) is 19.8 Å². The van der Waals surface area contributed by atoms with Gasteiger partial charge in [0.05, 0.1) is 5.56 Å². The van der Waals surface area contributed by atoms with Crippen LogP contribution in [0.25, 0.3) is 0 Å². The summed E-state index contributed by atoms with van der Waals surface area (Å²) in [6, 6.07) is 14.6. The summed E-state index contributed by atoms with van der Waals surface area (Å²) >= 11 is 1.72. The Bertz CT molecular complexity index is 1020. The van der Waals surface area contributed by atoms with E-state index < -0.39 is 17.8 Å². The summed E-state index contributed by atoms with van der Waals surface area (Å²) in [7, 11) is 1.65. The van der Waals surface area contributed by atoms with Gasteiger partial charge in [-0.05, 0) is 66.2 Å². The van der Waals surface area contributed by atoms with Crippen LogP contribution in [0.5, 0.6) is 0 Å². The average Bonchev–Trinajstić information content (AvgIpc) is 2.84. The second-order valence-corrected chi connectivity index (χ2v) is 9.15. The molecular formula is C27H31F3N2OS. The fourth-order valence-electron chi connectivity index (χ4n) is 4.56. The van der Waals surface area contributed by atoms with Gasteiger partial charge < -0.3 is 5.32 Å². The number of carbonyl (C=O) groups is 1. The van der Waals surface area contributed by atoms with Gasteiger partial charge in [-0.25, -0.2) is 0 Å². The van der Waals surface area contributed by atoms with E-state index in [4.69, 9.17) is 0 Å². The highest BCUT2D eigenvalue weighted by atomic mass is 32.2. The molecule has 34 heavy (non-hydrogen) atoms. The van der Waals surface area contributed by atoms with Crippen molar-refractivity contribution >= 4 is 17.7 Å². The van der Waals surface area contributed by atoms with E-state index >= 15 is 0 Å². The van der Waals surface area contributed by atoms with Crippen LogP contribution in [-0.2, 0) is 17.4 Å². The lowest BCUT2D eigenvalue weighted by Crippen LogP contribution is -2.48. The van der Waals surface area contributed by atoms with E-state index in [1.165, 1.54) is 10.5 Å². The van der Waals surface area contributed by atoms with Crippen LogP contribution in [0, 0.1) is 0 Å². The van der Waals surface area contributed by atoms with Gasteiger partial charge in [-0.2, -0.15) is 13.2 Å². The molecule has 2 aromatic carbocycles. The number of hydrogen-bond donors (Lipinski definition) is 1. The van der Waals surface area contributed by atoms with E-state index in [9.17, 15) is 18.0 Å². The van der Waals surface area contributed by atoms with E-state index in [2.05, 4.69) is 22.5 Å². The average molecular weight is 489 g/mol. The van der Waals surface area contributed by atoms with Crippen LogP contribution in [0.4, 0.5) is 13.2 Å². The van der Waals surface area contributed by atoms with Gasteiger partial charge in [-0.15, -0.1) is 11.8 Å². The molecule has 0 spiro atoms. The smallest absolute Gasteiger partial charge is 0.358 e. The van der Waals surface area contributed by atoms with Gasteiger partial charge in [0.1, 0.15) is 6.04 Å². The van der Waals surface area contributed by atoms with Gasteiger partial charge in [-0.3, -0.25) is 9.69 Å². The van der Waals surface area contributed by atoms with Crippen LogP contribution in [0.3, 0.4) is 0 Å². The number of nitrogens with zero attached hydrogens (tertiary/aromatic N) is 1. The molecule has 1 amide bonds. The fraction of sp³-hybridized carbons (Fsp3) is 0.370. The molecule has 0 saturated heterocycles. The number of amides is 1. The third-order valence-electron chi connectivity index (χ3n) is 6.20. The van der Waals surface area contributed by atoms with E-state index in [0.717, 1.165) is 36.2 Å². The number of rotatable bonds is 8. The van der Waals surface area contributed by atoms with Gasteiger partial charge in [-0.1, -0.05) is 54.6 Å². The first-order valence-electron chi connectivity index (χ1n) is 11.4. The number of allylic oxidation sites excluding steroid dienone is 1. The number of hydrogen-bond acceptors (Lipinski definition) is 3. The Kier molecular flexibility index (Phi) is 9.03. The first kappa shape index (κ1) is 26.1. The van der Waals surface area contributed by atoms with Crippen LogP contribution in [0.1, 0.15) is 42.5 Å². The van der Waals surface area contributed by atoms with Crippen LogP contribution in [0.2, 0.25) is 0 Å². The third kappa shape index (κ3) is 6.13. The molecule has 3 rings (SSSR count). The Morgan fingerprint density at radius 1 is 1.18 bits per heavy atom. The zero-order valence-electron chi connectivity index (χ0n) is 19.7. The third-order valence-corrected chi connectivity index (χ3v) is 7.13. The number of halogens is 3. The van der Waals surface area contributed by atoms with Gasteiger partial charge >= 0.3 is 6.18 Å². The molecule has 0 aromatic heterocycles. The van der Waals surface area contributed by atoms with Gasteiger partial charge in [0.15, 0.2) is 0 Å². The lowest BCUT2D eigenvalue weighted by Gasteiger charge is -2.42. The number of carbonyl (C=O) groups excluding carboxylic acids is 1. The summed E-state index contributed by atoms with van der Waals surface area (Å²) in [6.45, 7) is 2.70. The molecule has 1 heterocycles. The molecule has 2 unspecified atom stereocenters. The van der Waals surface area contributed by atoms with Crippen molar-refractivity contribution in [3.05, 3.63) is 93.9 Å². The van der Waals surface area contributed by atoms with Crippen LogP contribution in [0.15, 0.2) is 77.2 Å². The highest BCUT2D eigenvalue weighted by molar-refractivity contribution is 8.02. The van der Waals surface area contributed by atoms with Crippen molar-refractivity contribution in [2.45, 2.75) is 44.4 Å². The van der Waals surface area contributed by atoms with Crippen molar-refractivity contribution in [3.8, 4) is 0 Å². The fourth-order valence-corrected chi connectivity index (χ4v) is 5.29. The molecule has 0 aliphatic carbocycles. The number of benzene rings is 2. The van der Waals surface area contributed by atoms with E-state index in [-0.39, 0.29) is 11.9 Å². The minimum Gasteiger partial charge on any atom is -0.358 e. The normalized spacial score (nSPS) is 18.4. The van der Waals surface area contributed by atoms with E-state index in [1.807, 2.05) is 43.3 Å². The number of aryl methyl sites for hydroxylation is 1. The minimum atomic E-state index is -4.34. The van der Waals surface area contributed by atoms with Crippen molar-refractivity contribution < 1.29 is 18.0 Å². The molecule has 182 valence electrons. The predicted molar refractivity (Wildman–Crippen MR) is 133 cm³/mol. The molecule has 1 aliphatic heterocycles. The minimum absolute atomic E-state index is 0.0443. The molecule has 0 fully saturated rings. The first-order chi connectivity index (χ1) is 16.3. The highest BCUT2D eigenvalue weighted by Crippen LogP contribution is 2.38. The maximum atomic E-state index is 13.1. The number of alkyl halides is 3. The lowest BCUT2D eigenvalue weighted by molar-refractivity contribution is -0.137. The number of likely N-dealkylation sites (N-methyl/N-ethyl adjacent to an activating group) is 1. The monoisotopic (exact) mass is 488 g/mol. The summed E-state index contributed by atoms with van der Waals surface area (Å²) in [5.41, 5.74) is 2.31. The lowest BCUT2D eigenvalue weighted by atomic mass is 9.89. The second kappa shape index (κ2) is 11.8. The molecule has 0 saturated carbocycles. The maximum Gasteiger partial charge on any atom is 0.416 e. The van der Waals surface area contributed by atoms with E-state index in [0.29, 0.717) is 12.8 Å². The quantitative estimate of drug-likeness (QED) is 0.467. The molecular weight excluding hydrogens is 457 g/mol. The summed E-state index contributed by atoms with van der Waals surface area (Å²) in [5, 5.41) is 2.82. The van der Waals surface area contributed by atoms with Crippen molar-refractivity contribution in [1.82, 2.24) is 10.2 Å². The van der Waals surface area contributed by atoms with Crippen LogP contribution < -0.4 is 5.32 Å². The molecule has 0 radical (unpaired) electrons. The largest absolute Gasteiger partial charge is 0.416 e. The van der Waals surface area contributed by atoms with E-state index in [1.54, 1.807) is 30.9 Å². The zero-order chi connectivity index (χ0) is 24.7. The summed E-state index contributed by atoms with van der Waals surface area (Å²) in [6.07, 6.45) is 3.99. The summed E-state index contributed by atoms with van der Waals surface area (Å²) in [4.78, 5) is 16.6. The summed E-state index contributed by atoms with van der Waals surface area (Å²) < 4.78 is 38.9. The molecule has 7 heteroatoms. The Morgan fingerprint density at radius 2 is 1.85 bits per heavy atom. The molecule has 3 nitrogen and oxygen atoms in total. The standard InChI is InChI=1S/C27H31F3N2OS/c1-4-8-22-23(16-13-19-11-14-21(15-12-19)27(28,29)30)32(18-17-24(22)34-3)25(26(33)31-2)20-9-6-5-7-10-20/h4-12,14-15,23,25H,13,16-18H2,1-3H3,(H,31,33)/b8-4+. The molecule has 2 aromatic rings. The highest BCUT2D eigenvalue weighted by Gasteiger charge is 2.37. The van der Waals surface area contributed by atoms with Gasteiger partial charge in [0, 0.05) is 19.6 Å². The Labute approximate surface area is 204 Å². The molecule has 1 N–H and O–H groups in total. The SMILES string of the molecule is C/C=C/C1=C(SC)CCN(C(C(=O)NC)c2ccccc2)C1CCc1ccc(C(F)(F)F)cc1. The van der Waals surface area contributed by atoms with Crippen LogP contribution >= 0.6 is 11.8 Å². The maximum absolute atomic E-state index is 13.1. The molecule has 1 aliphatic rings. The van der Waals surface area contributed by atoms with Crippen molar-refractivity contribution in [2.24, 2.45) is 0 Å². The van der Waals surface area contributed by atoms with Crippen LogP contribution in [-0.4, -0.2) is 36.7 Å². The Morgan fingerprint density at radius 3 is 2.41 bits per heavy atom. The first-order valence-corrected chi connectivity index (χ1v) is 12.6. The van der Waals surface area contributed by atoms with Gasteiger partial charge in [0.2, 0.25) is 5.91 Å². The predicted octanol–water partition coefficient (Wildman–Crippen LogP) is 6.39. The Hall–Kier alpha value is -2.51. The number of thioether (sulfide) groups is 1. The van der Waals surface area contributed by atoms with Crippen molar-refractivity contribution in [3.63, 3.8) is 0 Å².